The molecule has 0 aliphatic rings. The molecular formula is C37H36F2GeIrN2O-2. The van der Waals surface area contributed by atoms with Crippen LogP contribution in [0.25, 0.3) is 44.5 Å². The maximum absolute atomic E-state index is 14.2. The quantitative estimate of drug-likeness (QED) is 0.132. The summed E-state index contributed by atoms with van der Waals surface area (Å²) >= 11 is -2.38. The van der Waals surface area contributed by atoms with E-state index in [-0.39, 0.29) is 42.1 Å². The predicted molar refractivity (Wildman–Crippen MR) is 175 cm³/mol. The summed E-state index contributed by atoms with van der Waals surface area (Å²) in [7, 11) is 0. The van der Waals surface area contributed by atoms with Gasteiger partial charge >= 0.3 is 121 Å². The predicted octanol–water partition coefficient (Wildman–Crippen LogP) is 9.73. The van der Waals surface area contributed by atoms with Gasteiger partial charge in [-0.1, -0.05) is 37.8 Å². The van der Waals surface area contributed by atoms with E-state index in [1.54, 1.807) is 36.7 Å². The van der Waals surface area contributed by atoms with Gasteiger partial charge in [-0.15, -0.1) is 18.2 Å². The Labute approximate surface area is 283 Å². The molecule has 0 unspecified atom stereocenters. The first kappa shape index (κ1) is 26.1. The average molecular weight is 834 g/mol. The summed E-state index contributed by atoms with van der Waals surface area (Å²) in [6.07, 6.45) is 3.41. The van der Waals surface area contributed by atoms with Crippen LogP contribution >= 0.6 is 0 Å². The summed E-state index contributed by atoms with van der Waals surface area (Å²) in [5.41, 5.74) is 4.68. The Morgan fingerprint density at radius 1 is 0.909 bits per heavy atom. The van der Waals surface area contributed by atoms with Crippen LogP contribution in [0, 0.1) is 37.5 Å². The van der Waals surface area contributed by atoms with Gasteiger partial charge in [0.1, 0.15) is 17.2 Å². The van der Waals surface area contributed by atoms with Gasteiger partial charge < -0.3 is 9.40 Å². The van der Waals surface area contributed by atoms with E-state index in [9.17, 15) is 8.78 Å². The number of hydrogen-bond donors (Lipinski definition) is 0. The van der Waals surface area contributed by atoms with E-state index >= 15 is 0 Å². The van der Waals surface area contributed by atoms with Gasteiger partial charge in [0.2, 0.25) is 0 Å². The molecule has 3 heterocycles. The third kappa shape index (κ3) is 7.20. The van der Waals surface area contributed by atoms with Crippen LogP contribution in [0.2, 0.25) is 17.3 Å². The van der Waals surface area contributed by atoms with Crippen molar-refractivity contribution in [2.45, 2.75) is 57.2 Å². The third-order valence-corrected chi connectivity index (χ3v) is 11.4. The van der Waals surface area contributed by atoms with Crippen LogP contribution in [0.5, 0.6) is 0 Å². The monoisotopic (exact) mass is 835 g/mol. The van der Waals surface area contributed by atoms with Gasteiger partial charge in [-0.3, -0.25) is 0 Å². The molecule has 3 nitrogen and oxygen atoms in total. The number of aromatic nitrogens is 2. The van der Waals surface area contributed by atoms with Gasteiger partial charge in [-0.05, 0) is 22.7 Å². The molecule has 0 amide bonds. The van der Waals surface area contributed by atoms with E-state index in [2.05, 4.69) is 60.1 Å². The molecule has 1 radical (unpaired) electrons. The Morgan fingerprint density at radius 2 is 1.70 bits per heavy atom. The molecule has 7 heteroatoms. The van der Waals surface area contributed by atoms with Crippen molar-refractivity contribution in [2.24, 2.45) is 0 Å². The van der Waals surface area contributed by atoms with E-state index in [0.717, 1.165) is 16.0 Å². The van der Waals surface area contributed by atoms with Crippen LogP contribution in [0.4, 0.5) is 8.78 Å². The number of pyridine rings is 2. The van der Waals surface area contributed by atoms with Crippen molar-refractivity contribution in [2.75, 3.05) is 0 Å². The normalized spacial score (nSPS) is 14.3. The van der Waals surface area contributed by atoms with Crippen molar-refractivity contribution >= 4 is 39.6 Å². The zero-order valence-corrected chi connectivity index (χ0v) is 29.8. The molecule has 44 heavy (non-hydrogen) atoms. The molecule has 0 saturated carbocycles. The van der Waals surface area contributed by atoms with Crippen molar-refractivity contribution in [3.8, 4) is 22.5 Å². The molecule has 0 fully saturated rings. The number of rotatable bonds is 3. The van der Waals surface area contributed by atoms with Crippen molar-refractivity contribution < 1.29 is 41.5 Å². The summed E-state index contributed by atoms with van der Waals surface area (Å²) in [4.78, 5) is 8.83. The van der Waals surface area contributed by atoms with E-state index in [1.165, 1.54) is 18.2 Å². The summed E-state index contributed by atoms with van der Waals surface area (Å²) in [5.74, 6) is 5.08. The zero-order valence-electron chi connectivity index (χ0n) is 31.3. The second-order valence-corrected chi connectivity index (χ2v) is 23.1. The molecule has 0 aliphatic heterocycles. The van der Waals surface area contributed by atoms with Crippen LogP contribution in [0.1, 0.15) is 45.7 Å². The Morgan fingerprint density at radius 3 is 2.36 bits per heavy atom. The summed E-state index contributed by atoms with van der Waals surface area (Å²) < 4.78 is 80.0. The standard InChI is InChI=1S/C21H16F2NO.C16H20GeN.Ir/c1-21(2,3)12-7-8-24-17(9-12)14-5-4-6-15-19-16(23)10-13(22)11-18(19)25-20(14)15;1-12-6-8-14(9-7-12)16-10-13(2)15(11-18-16)17(3,4)5;/h4,6-11H,1-3H3;6-8,10-11H,1-5H3;/q2*-1;/i;1D3,2D3;. The zero-order chi connectivity index (χ0) is 36.1. The van der Waals surface area contributed by atoms with Crippen LogP contribution in [0.15, 0.2) is 77.5 Å². The average Bonchev–Trinajstić information content (AvgIpc) is 3.38. The van der Waals surface area contributed by atoms with Gasteiger partial charge in [0.15, 0.2) is 0 Å². The van der Waals surface area contributed by atoms with Gasteiger partial charge in [0, 0.05) is 43.8 Å². The molecule has 0 N–H and O–H groups in total. The summed E-state index contributed by atoms with van der Waals surface area (Å²) in [6, 6.07) is 21.6. The molecule has 0 aliphatic carbocycles. The molecule has 3 aromatic carbocycles. The number of fused-ring (bicyclic) bond motifs is 3. The van der Waals surface area contributed by atoms with Crippen molar-refractivity contribution in [3.63, 3.8) is 0 Å². The topological polar surface area (TPSA) is 38.9 Å². The maximum atomic E-state index is 14.2. The number of hydrogen-bond acceptors (Lipinski definition) is 3. The number of benzene rings is 3. The van der Waals surface area contributed by atoms with Crippen molar-refractivity contribution in [1.29, 1.82) is 0 Å². The van der Waals surface area contributed by atoms with Crippen LogP contribution in [-0.4, -0.2) is 23.2 Å². The smallest absolute Gasteiger partial charge is 0 e. The molecule has 6 aromatic rings. The number of aryl methyl sites for hydroxylation is 2. The van der Waals surface area contributed by atoms with Crippen molar-refractivity contribution in [1.82, 2.24) is 9.97 Å². The number of nitrogens with zero attached hydrogens (tertiary/aromatic N) is 2. The largest absolute Gasteiger partial charge is 0 e. The van der Waals surface area contributed by atoms with Crippen LogP contribution in [0.3, 0.4) is 0 Å². The Hall–Kier alpha value is -3.19. The van der Waals surface area contributed by atoms with Crippen LogP contribution < -0.4 is 4.40 Å². The molecule has 6 rings (SSSR count). The summed E-state index contributed by atoms with van der Waals surface area (Å²) in [6.45, 7) is 1.97. The minimum atomic E-state index is -2.38. The minimum absolute atomic E-state index is 0. The third-order valence-electron chi connectivity index (χ3n) is 7.13. The fourth-order valence-electron chi connectivity index (χ4n) is 4.80. The molecule has 229 valence electrons. The van der Waals surface area contributed by atoms with Gasteiger partial charge in [-0.25, -0.2) is 8.78 Å². The van der Waals surface area contributed by atoms with E-state index in [1.807, 2.05) is 12.1 Å². The summed E-state index contributed by atoms with van der Waals surface area (Å²) in [5, 5.41) is 0.864. The number of halogens is 2. The number of furan rings is 1. The van der Waals surface area contributed by atoms with Crippen LogP contribution in [-0.2, 0) is 25.5 Å². The van der Waals surface area contributed by atoms with E-state index < -0.39 is 38.6 Å². The molecule has 0 atom stereocenters. The SMILES string of the molecule is CC(C)(C)c1ccnc(-c2[c-]ccc3c2oc2cc(F)cc(F)c23)c1.[2H]C([2H])([2H])c1c[c-]c(-c2cc(C([2H])([2H])[2H])[c]([Ge]([CH3])([CH3])[CH3])cn2)cc1.[Ir]. The molecular weight excluding hydrogens is 791 g/mol. The first-order chi connectivity index (χ1) is 22.6. The second-order valence-electron chi connectivity index (χ2n) is 12.5. The second kappa shape index (κ2) is 13.0. The molecule has 0 bridgehead atoms. The Bertz CT molecular complexity index is 2150. The maximum Gasteiger partial charge on any atom is 0 e. The van der Waals surface area contributed by atoms with Gasteiger partial charge in [0.05, 0.1) is 5.58 Å². The van der Waals surface area contributed by atoms with E-state index in [0.29, 0.717) is 39.0 Å². The van der Waals surface area contributed by atoms with Crippen molar-refractivity contribution in [3.05, 3.63) is 114 Å². The first-order valence-electron chi connectivity index (χ1n) is 16.9. The fourth-order valence-corrected chi connectivity index (χ4v) is 7.59. The Balaban J connectivity index is 0.000000221. The van der Waals surface area contributed by atoms with Gasteiger partial charge in [-0.2, -0.15) is 0 Å². The van der Waals surface area contributed by atoms with E-state index in [4.69, 9.17) is 12.6 Å². The van der Waals surface area contributed by atoms with Gasteiger partial charge in [0.25, 0.3) is 0 Å². The molecule has 0 saturated heterocycles. The minimum Gasteiger partial charge on any atom is 0 e. The Kier molecular flexibility index (Phi) is 7.73. The first-order valence-corrected chi connectivity index (χ1v) is 21.2. The molecule has 0 spiro atoms. The fraction of sp³-hybridized carbons (Fsp3) is 0.243. The molecule has 3 aromatic heterocycles.